The molecule has 0 bridgehead atoms. The molecular formula is C19H21NO2. The van der Waals surface area contributed by atoms with Gasteiger partial charge in [0.1, 0.15) is 5.75 Å². The van der Waals surface area contributed by atoms with E-state index in [0.717, 1.165) is 35.4 Å². The number of hydrogen-bond donors (Lipinski definition) is 1. The summed E-state index contributed by atoms with van der Waals surface area (Å²) in [5.41, 5.74) is 5.79. The van der Waals surface area contributed by atoms with Crippen molar-refractivity contribution in [2.24, 2.45) is 0 Å². The topological polar surface area (TPSA) is 38.3 Å². The van der Waals surface area contributed by atoms with Crippen LogP contribution in [0.3, 0.4) is 0 Å². The lowest BCUT2D eigenvalue weighted by molar-refractivity contribution is -0.118. The van der Waals surface area contributed by atoms with E-state index in [1.807, 2.05) is 38.1 Å². The van der Waals surface area contributed by atoms with Crippen molar-refractivity contribution in [1.82, 2.24) is 0 Å². The lowest BCUT2D eigenvalue weighted by atomic mass is 10.1. The molecule has 0 saturated heterocycles. The Morgan fingerprint density at radius 3 is 2.77 bits per heavy atom. The van der Waals surface area contributed by atoms with Gasteiger partial charge in [0.15, 0.2) is 6.61 Å². The fourth-order valence-electron chi connectivity index (χ4n) is 2.84. The highest BCUT2D eigenvalue weighted by atomic mass is 16.5. The maximum atomic E-state index is 12.0. The number of carbonyl (C=O) groups is 1. The summed E-state index contributed by atoms with van der Waals surface area (Å²) >= 11 is 0. The Morgan fingerprint density at radius 2 is 1.91 bits per heavy atom. The number of rotatable bonds is 4. The van der Waals surface area contributed by atoms with Crippen LogP contribution in [-0.4, -0.2) is 12.5 Å². The van der Waals surface area contributed by atoms with Crippen molar-refractivity contribution in [2.45, 2.75) is 33.1 Å². The predicted molar refractivity (Wildman–Crippen MR) is 88.5 cm³/mol. The normalized spacial score (nSPS) is 12.8. The van der Waals surface area contributed by atoms with E-state index in [1.165, 1.54) is 17.5 Å². The number of fused-ring (bicyclic) bond motifs is 1. The number of amides is 1. The van der Waals surface area contributed by atoms with Crippen LogP contribution in [-0.2, 0) is 17.6 Å². The number of benzene rings is 2. The van der Waals surface area contributed by atoms with Gasteiger partial charge in [0.2, 0.25) is 0 Å². The molecule has 0 radical (unpaired) electrons. The molecule has 2 aromatic rings. The Balaban J connectivity index is 1.59. The predicted octanol–water partition coefficient (Wildman–Crippen LogP) is 3.81. The molecule has 0 atom stereocenters. The van der Waals surface area contributed by atoms with Gasteiger partial charge < -0.3 is 10.1 Å². The van der Waals surface area contributed by atoms with E-state index < -0.39 is 0 Å². The van der Waals surface area contributed by atoms with E-state index in [-0.39, 0.29) is 12.5 Å². The molecule has 0 aliphatic heterocycles. The van der Waals surface area contributed by atoms with Gasteiger partial charge in [0, 0.05) is 5.69 Å². The van der Waals surface area contributed by atoms with Crippen LogP contribution in [0.5, 0.6) is 5.75 Å². The molecule has 3 rings (SSSR count). The standard InChI is InChI=1S/C19H21NO2/c1-13-6-7-14(2)18(10-13)20-19(21)12-22-17-9-8-15-4-3-5-16(15)11-17/h6-11H,3-5,12H2,1-2H3,(H,20,21). The summed E-state index contributed by atoms with van der Waals surface area (Å²) in [6.07, 6.45) is 3.48. The molecule has 1 amide bonds. The third kappa shape index (κ3) is 3.30. The van der Waals surface area contributed by atoms with Crippen molar-refractivity contribution in [3.8, 4) is 5.75 Å². The quantitative estimate of drug-likeness (QED) is 0.931. The summed E-state index contributed by atoms with van der Waals surface area (Å²) in [5.74, 6) is 0.644. The molecule has 3 heteroatoms. The highest BCUT2D eigenvalue weighted by Gasteiger charge is 2.12. The van der Waals surface area contributed by atoms with Gasteiger partial charge in [-0.3, -0.25) is 4.79 Å². The molecule has 3 nitrogen and oxygen atoms in total. The molecule has 0 fully saturated rings. The smallest absolute Gasteiger partial charge is 0.262 e. The van der Waals surface area contributed by atoms with E-state index in [9.17, 15) is 4.79 Å². The first kappa shape index (κ1) is 14.6. The zero-order chi connectivity index (χ0) is 15.5. The van der Waals surface area contributed by atoms with Gasteiger partial charge in [-0.05, 0) is 73.6 Å². The van der Waals surface area contributed by atoms with Gasteiger partial charge in [-0.1, -0.05) is 18.2 Å². The minimum absolute atomic E-state index is 0.0339. The lowest BCUT2D eigenvalue weighted by Gasteiger charge is -2.11. The van der Waals surface area contributed by atoms with Crippen LogP contribution >= 0.6 is 0 Å². The monoisotopic (exact) mass is 295 g/mol. The van der Waals surface area contributed by atoms with Crippen molar-refractivity contribution in [3.05, 3.63) is 58.7 Å². The van der Waals surface area contributed by atoms with Crippen LogP contribution in [0.25, 0.3) is 0 Å². The second kappa shape index (κ2) is 6.22. The summed E-state index contributed by atoms with van der Waals surface area (Å²) in [6.45, 7) is 4.03. The fraction of sp³-hybridized carbons (Fsp3) is 0.316. The molecular weight excluding hydrogens is 274 g/mol. The SMILES string of the molecule is Cc1ccc(C)c(NC(=O)COc2ccc3c(c2)CCC3)c1. The molecule has 1 aliphatic rings. The van der Waals surface area contributed by atoms with Gasteiger partial charge >= 0.3 is 0 Å². The van der Waals surface area contributed by atoms with Crippen LogP contribution in [0.1, 0.15) is 28.7 Å². The Kier molecular flexibility index (Phi) is 4.14. The van der Waals surface area contributed by atoms with Crippen LogP contribution in [0, 0.1) is 13.8 Å². The van der Waals surface area contributed by atoms with Crippen molar-refractivity contribution in [2.75, 3.05) is 11.9 Å². The van der Waals surface area contributed by atoms with E-state index in [0.29, 0.717) is 0 Å². The van der Waals surface area contributed by atoms with Crippen molar-refractivity contribution in [1.29, 1.82) is 0 Å². The van der Waals surface area contributed by atoms with Gasteiger partial charge in [-0.25, -0.2) is 0 Å². The fourth-order valence-corrected chi connectivity index (χ4v) is 2.84. The maximum absolute atomic E-state index is 12.0. The Bertz CT molecular complexity index is 707. The molecule has 22 heavy (non-hydrogen) atoms. The van der Waals surface area contributed by atoms with Crippen molar-refractivity contribution in [3.63, 3.8) is 0 Å². The first-order valence-electron chi connectivity index (χ1n) is 7.73. The Morgan fingerprint density at radius 1 is 1.09 bits per heavy atom. The maximum Gasteiger partial charge on any atom is 0.262 e. The average Bonchev–Trinajstić information content (AvgIpc) is 2.96. The number of hydrogen-bond acceptors (Lipinski definition) is 2. The lowest BCUT2D eigenvalue weighted by Crippen LogP contribution is -2.20. The van der Waals surface area contributed by atoms with Crippen LogP contribution in [0.2, 0.25) is 0 Å². The van der Waals surface area contributed by atoms with Crippen molar-refractivity contribution >= 4 is 11.6 Å². The Hall–Kier alpha value is -2.29. The van der Waals surface area contributed by atoms with Crippen LogP contribution in [0.4, 0.5) is 5.69 Å². The van der Waals surface area contributed by atoms with E-state index in [2.05, 4.69) is 17.4 Å². The Labute approximate surface area is 131 Å². The summed E-state index contributed by atoms with van der Waals surface area (Å²) < 4.78 is 5.62. The number of anilines is 1. The highest BCUT2D eigenvalue weighted by Crippen LogP contribution is 2.26. The first-order valence-corrected chi connectivity index (χ1v) is 7.73. The second-order valence-corrected chi connectivity index (χ2v) is 5.94. The minimum Gasteiger partial charge on any atom is -0.484 e. The number of nitrogens with one attached hydrogen (secondary N) is 1. The second-order valence-electron chi connectivity index (χ2n) is 5.94. The first-order chi connectivity index (χ1) is 10.6. The summed E-state index contributed by atoms with van der Waals surface area (Å²) in [5, 5.41) is 2.91. The van der Waals surface area contributed by atoms with Crippen LogP contribution < -0.4 is 10.1 Å². The summed E-state index contributed by atoms with van der Waals surface area (Å²) in [4.78, 5) is 12.0. The third-order valence-electron chi connectivity index (χ3n) is 4.11. The summed E-state index contributed by atoms with van der Waals surface area (Å²) in [7, 11) is 0. The van der Waals surface area contributed by atoms with Crippen LogP contribution in [0.15, 0.2) is 36.4 Å². The number of ether oxygens (including phenoxy) is 1. The molecule has 1 aliphatic carbocycles. The molecule has 0 saturated carbocycles. The zero-order valence-corrected chi connectivity index (χ0v) is 13.1. The van der Waals surface area contributed by atoms with Gasteiger partial charge in [0.25, 0.3) is 5.91 Å². The van der Waals surface area contributed by atoms with Gasteiger partial charge in [-0.2, -0.15) is 0 Å². The van der Waals surface area contributed by atoms with Gasteiger partial charge in [0.05, 0.1) is 0 Å². The van der Waals surface area contributed by atoms with E-state index in [1.54, 1.807) is 0 Å². The van der Waals surface area contributed by atoms with Gasteiger partial charge in [-0.15, -0.1) is 0 Å². The van der Waals surface area contributed by atoms with Crippen molar-refractivity contribution < 1.29 is 9.53 Å². The largest absolute Gasteiger partial charge is 0.484 e. The highest BCUT2D eigenvalue weighted by molar-refractivity contribution is 5.92. The molecule has 114 valence electrons. The molecule has 1 N–H and O–H groups in total. The minimum atomic E-state index is -0.130. The molecule has 2 aromatic carbocycles. The summed E-state index contributed by atoms with van der Waals surface area (Å²) in [6, 6.07) is 12.1. The number of aryl methyl sites for hydroxylation is 4. The third-order valence-corrected chi connectivity index (χ3v) is 4.11. The zero-order valence-electron chi connectivity index (χ0n) is 13.1. The average molecular weight is 295 g/mol. The molecule has 0 aromatic heterocycles. The molecule has 0 spiro atoms. The van der Waals surface area contributed by atoms with E-state index in [4.69, 9.17) is 4.74 Å². The molecule has 0 unspecified atom stereocenters. The molecule has 0 heterocycles. The number of carbonyl (C=O) groups excluding carboxylic acids is 1. The van der Waals surface area contributed by atoms with E-state index >= 15 is 0 Å².